The number of benzene rings is 1. The molecule has 0 saturated heterocycles. The third-order valence-electron chi connectivity index (χ3n) is 2.36. The van der Waals surface area contributed by atoms with E-state index >= 15 is 0 Å². The summed E-state index contributed by atoms with van der Waals surface area (Å²) in [5.41, 5.74) is 1.14. The third-order valence-corrected chi connectivity index (χ3v) is 2.54. The lowest BCUT2D eigenvalue weighted by atomic mass is 10.1. The summed E-state index contributed by atoms with van der Waals surface area (Å²) < 4.78 is 10.6. The molecule has 2 rings (SSSR count). The fourth-order valence-electron chi connectivity index (χ4n) is 1.50. The standard InChI is InChI=1S/C13H13ClN2O2/c1-17-11-4-2-3-10(7-11)5-6-18-13-9-15-8-12(14)16-13/h2-4,7-9H,5-6H2,1H3. The van der Waals surface area contributed by atoms with E-state index in [1.807, 2.05) is 24.3 Å². The predicted molar refractivity (Wildman–Crippen MR) is 69.2 cm³/mol. The number of rotatable bonds is 5. The number of nitrogens with zero attached hydrogens (tertiary/aromatic N) is 2. The summed E-state index contributed by atoms with van der Waals surface area (Å²) in [4.78, 5) is 7.89. The Morgan fingerprint density at radius 1 is 1.28 bits per heavy atom. The zero-order chi connectivity index (χ0) is 12.8. The molecule has 1 heterocycles. The second-order valence-electron chi connectivity index (χ2n) is 3.63. The summed E-state index contributed by atoms with van der Waals surface area (Å²) in [6.45, 7) is 0.516. The van der Waals surface area contributed by atoms with E-state index in [0.29, 0.717) is 17.6 Å². The van der Waals surface area contributed by atoms with Gasteiger partial charge in [-0.2, -0.15) is 4.98 Å². The Balaban J connectivity index is 1.88. The van der Waals surface area contributed by atoms with Crippen LogP contribution in [0.5, 0.6) is 11.6 Å². The Kier molecular flexibility index (Phi) is 4.36. The quantitative estimate of drug-likeness (QED) is 0.833. The van der Waals surface area contributed by atoms with Crippen LogP contribution in [0.4, 0.5) is 0 Å². The van der Waals surface area contributed by atoms with Crippen molar-refractivity contribution < 1.29 is 9.47 Å². The molecular weight excluding hydrogens is 252 g/mol. The molecule has 0 fully saturated rings. The Hall–Kier alpha value is -1.81. The van der Waals surface area contributed by atoms with Gasteiger partial charge in [0.2, 0.25) is 5.88 Å². The minimum Gasteiger partial charge on any atom is -0.497 e. The molecule has 1 aromatic carbocycles. The molecule has 0 amide bonds. The molecule has 0 aliphatic heterocycles. The SMILES string of the molecule is COc1cccc(CCOc2cncc(Cl)n2)c1. The number of hydrogen-bond acceptors (Lipinski definition) is 4. The summed E-state index contributed by atoms with van der Waals surface area (Å²) >= 11 is 5.71. The Bertz CT molecular complexity index is 520. The van der Waals surface area contributed by atoms with E-state index in [2.05, 4.69) is 9.97 Å². The molecule has 94 valence electrons. The van der Waals surface area contributed by atoms with Crippen molar-refractivity contribution in [2.45, 2.75) is 6.42 Å². The van der Waals surface area contributed by atoms with Crippen LogP contribution in [0.3, 0.4) is 0 Å². The lowest BCUT2D eigenvalue weighted by Crippen LogP contribution is -2.03. The highest BCUT2D eigenvalue weighted by atomic mass is 35.5. The number of ether oxygens (including phenoxy) is 2. The van der Waals surface area contributed by atoms with Crippen molar-refractivity contribution in [1.29, 1.82) is 0 Å². The topological polar surface area (TPSA) is 44.2 Å². The predicted octanol–water partition coefficient (Wildman–Crippen LogP) is 2.76. The normalized spacial score (nSPS) is 10.1. The van der Waals surface area contributed by atoms with E-state index in [1.54, 1.807) is 7.11 Å². The maximum atomic E-state index is 5.71. The fraction of sp³-hybridized carbons (Fsp3) is 0.231. The van der Waals surface area contributed by atoms with E-state index in [9.17, 15) is 0 Å². The van der Waals surface area contributed by atoms with Gasteiger partial charge in [-0.25, -0.2) is 0 Å². The van der Waals surface area contributed by atoms with E-state index < -0.39 is 0 Å². The molecule has 4 nitrogen and oxygen atoms in total. The molecule has 0 N–H and O–H groups in total. The maximum Gasteiger partial charge on any atom is 0.233 e. The van der Waals surface area contributed by atoms with E-state index in [-0.39, 0.29) is 0 Å². The van der Waals surface area contributed by atoms with Crippen LogP contribution in [0.2, 0.25) is 5.15 Å². The van der Waals surface area contributed by atoms with Crippen LogP contribution in [0.1, 0.15) is 5.56 Å². The smallest absolute Gasteiger partial charge is 0.233 e. The fourth-order valence-corrected chi connectivity index (χ4v) is 1.64. The van der Waals surface area contributed by atoms with Crippen molar-refractivity contribution >= 4 is 11.6 Å². The summed E-state index contributed by atoms with van der Waals surface area (Å²) in [5.74, 6) is 1.28. The first-order chi connectivity index (χ1) is 8.78. The van der Waals surface area contributed by atoms with Crippen molar-refractivity contribution in [3.05, 3.63) is 47.4 Å². The summed E-state index contributed by atoms with van der Waals surface area (Å²) in [6.07, 6.45) is 3.78. The molecule has 0 unspecified atom stereocenters. The number of aromatic nitrogens is 2. The maximum absolute atomic E-state index is 5.71. The monoisotopic (exact) mass is 264 g/mol. The van der Waals surface area contributed by atoms with Crippen molar-refractivity contribution in [3.63, 3.8) is 0 Å². The lowest BCUT2D eigenvalue weighted by Gasteiger charge is -2.06. The molecule has 5 heteroatoms. The molecule has 0 radical (unpaired) electrons. The van der Waals surface area contributed by atoms with Crippen LogP contribution in [0, 0.1) is 0 Å². The van der Waals surface area contributed by atoms with Crippen molar-refractivity contribution in [2.75, 3.05) is 13.7 Å². The van der Waals surface area contributed by atoms with Gasteiger partial charge < -0.3 is 9.47 Å². The first-order valence-electron chi connectivity index (χ1n) is 5.51. The van der Waals surface area contributed by atoms with Gasteiger partial charge in [0.05, 0.1) is 26.1 Å². The van der Waals surface area contributed by atoms with Crippen molar-refractivity contribution in [2.24, 2.45) is 0 Å². The highest BCUT2D eigenvalue weighted by molar-refractivity contribution is 6.29. The molecule has 2 aromatic rings. The Morgan fingerprint density at radius 3 is 2.94 bits per heavy atom. The molecule has 18 heavy (non-hydrogen) atoms. The third kappa shape index (κ3) is 3.60. The first-order valence-corrected chi connectivity index (χ1v) is 5.89. The first kappa shape index (κ1) is 12.6. The van der Waals surface area contributed by atoms with Gasteiger partial charge in [-0.15, -0.1) is 0 Å². The van der Waals surface area contributed by atoms with Crippen LogP contribution in [-0.4, -0.2) is 23.7 Å². The van der Waals surface area contributed by atoms with E-state index in [1.165, 1.54) is 12.4 Å². The summed E-state index contributed by atoms with van der Waals surface area (Å²) in [5, 5.41) is 0.328. The average molecular weight is 265 g/mol. The van der Waals surface area contributed by atoms with Gasteiger partial charge in [0.15, 0.2) is 5.15 Å². The average Bonchev–Trinajstić information content (AvgIpc) is 2.39. The van der Waals surface area contributed by atoms with Crippen LogP contribution in [0.25, 0.3) is 0 Å². The van der Waals surface area contributed by atoms with Gasteiger partial charge in [0.25, 0.3) is 0 Å². The zero-order valence-electron chi connectivity index (χ0n) is 9.97. The lowest BCUT2D eigenvalue weighted by molar-refractivity contribution is 0.308. The second-order valence-corrected chi connectivity index (χ2v) is 4.02. The van der Waals surface area contributed by atoms with E-state index in [0.717, 1.165) is 17.7 Å². The Morgan fingerprint density at radius 2 is 2.17 bits per heavy atom. The van der Waals surface area contributed by atoms with Gasteiger partial charge in [-0.05, 0) is 17.7 Å². The summed E-state index contributed by atoms with van der Waals surface area (Å²) in [7, 11) is 1.65. The highest BCUT2D eigenvalue weighted by Gasteiger charge is 1.99. The van der Waals surface area contributed by atoms with Gasteiger partial charge in [0.1, 0.15) is 5.75 Å². The molecule has 0 saturated carbocycles. The highest BCUT2D eigenvalue weighted by Crippen LogP contribution is 2.14. The molecule has 0 spiro atoms. The second kappa shape index (κ2) is 6.21. The van der Waals surface area contributed by atoms with Crippen LogP contribution in [0.15, 0.2) is 36.7 Å². The number of hydrogen-bond donors (Lipinski definition) is 0. The van der Waals surface area contributed by atoms with Gasteiger partial charge in [-0.3, -0.25) is 4.98 Å². The minimum atomic E-state index is 0.328. The number of halogens is 1. The van der Waals surface area contributed by atoms with E-state index in [4.69, 9.17) is 21.1 Å². The van der Waals surface area contributed by atoms with Crippen molar-refractivity contribution in [3.8, 4) is 11.6 Å². The number of methoxy groups -OCH3 is 1. The van der Waals surface area contributed by atoms with Crippen LogP contribution >= 0.6 is 11.6 Å². The minimum absolute atomic E-state index is 0.328. The van der Waals surface area contributed by atoms with Crippen LogP contribution in [-0.2, 0) is 6.42 Å². The van der Waals surface area contributed by atoms with Gasteiger partial charge >= 0.3 is 0 Å². The molecular formula is C13H13ClN2O2. The molecule has 0 aliphatic carbocycles. The largest absolute Gasteiger partial charge is 0.497 e. The van der Waals surface area contributed by atoms with Gasteiger partial charge in [0, 0.05) is 6.42 Å². The van der Waals surface area contributed by atoms with Gasteiger partial charge in [-0.1, -0.05) is 23.7 Å². The molecule has 0 bridgehead atoms. The zero-order valence-corrected chi connectivity index (χ0v) is 10.7. The molecule has 1 aromatic heterocycles. The van der Waals surface area contributed by atoms with Crippen LogP contribution < -0.4 is 9.47 Å². The molecule has 0 atom stereocenters. The Labute approximate surface area is 111 Å². The van der Waals surface area contributed by atoms with Crippen molar-refractivity contribution in [1.82, 2.24) is 9.97 Å². The summed E-state index contributed by atoms with van der Waals surface area (Å²) in [6, 6.07) is 7.86. The molecule has 0 aliphatic rings.